The molecule has 1 aromatic heterocycles. The van der Waals surface area contributed by atoms with E-state index in [-0.39, 0.29) is 5.91 Å². The maximum absolute atomic E-state index is 11.1. The van der Waals surface area contributed by atoms with E-state index >= 15 is 0 Å². The van der Waals surface area contributed by atoms with Crippen molar-refractivity contribution in [2.75, 3.05) is 18.0 Å². The largest absolute Gasteiger partial charge is 0.370 e. The Morgan fingerprint density at radius 3 is 2.90 bits per heavy atom. The van der Waals surface area contributed by atoms with Crippen molar-refractivity contribution in [3.05, 3.63) is 23.4 Å². The fraction of sp³-hybridized carbons (Fsp3) is 0.429. The van der Waals surface area contributed by atoms with E-state index in [4.69, 9.17) is 11.6 Å². The fourth-order valence-corrected chi connectivity index (χ4v) is 3.64. The van der Waals surface area contributed by atoms with Crippen molar-refractivity contribution in [3.63, 3.8) is 0 Å². The molecule has 4 rings (SSSR count). The van der Waals surface area contributed by atoms with E-state index < -0.39 is 0 Å². The third kappa shape index (κ3) is 1.77. The highest BCUT2D eigenvalue weighted by Crippen LogP contribution is 2.48. The van der Waals surface area contributed by atoms with Gasteiger partial charge in [0, 0.05) is 54.0 Å². The van der Waals surface area contributed by atoms with Crippen LogP contribution < -0.4 is 10.2 Å². The van der Waals surface area contributed by atoms with Crippen LogP contribution in [-0.4, -0.2) is 35.2 Å². The van der Waals surface area contributed by atoms with Gasteiger partial charge >= 0.3 is 0 Å². The first kappa shape index (κ1) is 12.0. The molecule has 3 atom stereocenters. The third-order valence-corrected chi connectivity index (χ3v) is 4.62. The summed E-state index contributed by atoms with van der Waals surface area (Å²) in [6.07, 6.45) is 1.84. The lowest BCUT2D eigenvalue weighted by atomic mass is 10.2. The van der Waals surface area contributed by atoms with Crippen LogP contribution in [-0.2, 0) is 4.79 Å². The monoisotopic (exact) mass is 290 g/mol. The smallest absolute Gasteiger partial charge is 0.217 e. The molecule has 1 aliphatic heterocycles. The Bertz CT molecular complexity index is 686. The lowest BCUT2D eigenvalue weighted by Crippen LogP contribution is -2.33. The molecule has 104 valence electrons. The van der Waals surface area contributed by atoms with Crippen LogP contribution in [0.1, 0.15) is 6.92 Å². The molecular formula is C14H15ClN4O. The van der Waals surface area contributed by atoms with Gasteiger partial charge < -0.3 is 10.2 Å². The summed E-state index contributed by atoms with van der Waals surface area (Å²) in [5.74, 6) is 1.20. The number of aromatic amines is 1. The molecule has 6 heteroatoms. The van der Waals surface area contributed by atoms with Gasteiger partial charge in [-0.1, -0.05) is 11.6 Å². The number of aromatic nitrogens is 2. The summed E-state index contributed by atoms with van der Waals surface area (Å²) < 4.78 is 0. The average Bonchev–Trinajstić information content (AvgIpc) is 2.84. The molecule has 1 aliphatic carbocycles. The number of halogens is 1. The predicted octanol–water partition coefficient (Wildman–Crippen LogP) is 1.79. The zero-order valence-corrected chi connectivity index (χ0v) is 11.8. The molecule has 20 heavy (non-hydrogen) atoms. The normalized spacial score (nSPS) is 27.7. The van der Waals surface area contributed by atoms with E-state index in [2.05, 4.69) is 20.4 Å². The Morgan fingerprint density at radius 1 is 1.45 bits per heavy atom. The van der Waals surface area contributed by atoms with E-state index in [1.807, 2.05) is 18.3 Å². The standard InChI is InChI=1S/C14H15ClN4O/c1-7(20)17-14-10-5-19(6-11(10)14)13-3-8(15)2-12-9(13)4-16-18-12/h2-4,10-11,14H,5-6H2,1H3,(H,16,18)(H,17,20)/t10-,11+,14?. The van der Waals surface area contributed by atoms with Gasteiger partial charge in [-0.2, -0.15) is 5.10 Å². The minimum Gasteiger partial charge on any atom is -0.370 e. The third-order valence-electron chi connectivity index (χ3n) is 4.41. The first-order valence-electron chi connectivity index (χ1n) is 6.78. The van der Waals surface area contributed by atoms with Gasteiger partial charge in [0.25, 0.3) is 0 Å². The molecule has 2 aromatic rings. The second-order valence-corrected chi connectivity index (χ2v) is 6.15. The van der Waals surface area contributed by atoms with Crippen LogP contribution in [0.2, 0.25) is 5.02 Å². The summed E-state index contributed by atoms with van der Waals surface area (Å²) in [4.78, 5) is 13.5. The van der Waals surface area contributed by atoms with Crippen molar-refractivity contribution in [2.24, 2.45) is 11.8 Å². The highest BCUT2D eigenvalue weighted by Gasteiger charge is 2.56. The number of anilines is 1. The number of hydrogen-bond donors (Lipinski definition) is 2. The van der Waals surface area contributed by atoms with Crippen LogP contribution >= 0.6 is 11.6 Å². The Kier molecular flexibility index (Phi) is 2.48. The van der Waals surface area contributed by atoms with E-state index in [9.17, 15) is 4.79 Å². The number of fused-ring (bicyclic) bond motifs is 2. The quantitative estimate of drug-likeness (QED) is 0.886. The van der Waals surface area contributed by atoms with Crippen molar-refractivity contribution in [1.82, 2.24) is 15.5 Å². The van der Waals surface area contributed by atoms with Gasteiger partial charge in [0.05, 0.1) is 11.7 Å². The molecule has 0 bridgehead atoms. The summed E-state index contributed by atoms with van der Waals surface area (Å²) in [5, 5.41) is 11.9. The van der Waals surface area contributed by atoms with Crippen LogP contribution in [0, 0.1) is 11.8 Å². The number of nitrogens with one attached hydrogen (secondary N) is 2. The van der Waals surface area contributed by atoms with Gasteiger partial charge in [-0.3, -0.25) is 9.89 Å². The lowest BCUT2D eigenvalue weighted by molar-refractivity contribution is -0.119. The Balaban J connectivity index is 1.58. The second kappa shape index (κ2) is 4.12. The van der Waals surface area contributed by atoms with E-state index in [1.54, 1.807) is 6.92 Å². The van der Waals surface area contributed by atoms with Crippen LogP contribution in [0.25, 0.3) is 10.9 Å². The van der Waals surface area contributed by atoms with Crippen LogP contribution in [0.15, 0.2) is 18.3 Å². The van der Waals surface area contributed by atoms with Crippen LogP contribution in [0.4, 0.5) is 5.69 Å². The van der Waals surface area contributed by atoms with Gasteiger partial charge in [0.1, 0.15) is 0 Å². The number of H-pyrrole nitrogens is 1. The number of amides is 1. The summed E-state index contributed by atoms with van der Waals surface area (Å²) in [5.41, 5.74) is 2.10. The number of benzene rings is 1. The van der Waals surface area contributed by atoms with Crippen molar-refractivity contribution in [2.45, 2.75) is 13.0 Å². The molecule has 1 aromatic carbocycles. The molecule has 2 heterocycles. The maximum atomic E-state index is 11.1. The van der Waals surface area contributed by atoms with E-state index in [0.29, 0.717) is 17.9 Å². The van der Waals surface area contributed by atoms with Gasteiger partial charge in [0.15, 0.2) is 0 Å². The van der Waals surface area contributed by atoms with E-state index in [1.165, 1.54) is 0 Å². The molecule has 1 unspecified atom stereocenters. The number of hydrogen-bond acceptors (Lipinski definition) is 3. The number of carbonyl (C=O) groups excluding carboxylic acids is 1. The first-order chi connectivity index (χ1) is 9.63. The minimum atomic E-state index is 0.0657. The van der Waals surface area contributed by atoms with Crippen LogP contribution in [0.3, 0.4) is 0 Å². The topological polar surface area (TPSA) is 61.0 Å². The number of carbonyl (C=O) groups is 1. The van der Waals surface area contributed by atoms with Gasteiger partial charge in [-0.05, 0) is 12.1 Å². The summed E-state index contributed by atoms with van der Waals surface area (Å²) in [6, 6.07) is 4.25. The molecule has 0 radical (unpaired) electrons. The maximum Gasteiger partial charge on any atom is 0.217 e. The molecular weight excluding hydrogens is 276 g/mol. The molecule has 0 spiro atoms. The molecule has 1 saturated heterocycles. The fourth-order valence-electron chi connectivity index (χ4n) is 3.43. The average molecular weight is 291 g/mol. The highest BCUT2D eigenvalue weighted by atomic mass is 35.5. The summed E-state index contributed by atoms with van der Waals surface area (Å²) in [7, 11) is 0. The molecule has 5 nitrogen and oxygen atoms in total. The lowest BCUT2D eigenvalue weighted by Gasteiger charge is -2.23. The SMILES string of the molecule is CC(=O)NC1[C@H]2CN(c3cc(Cl)cc4[nH]ncc34)C[C@@H]12. The van der Waals surface area contributed by atoms with Gasteiger partial charge in [-0.15, -0.1) is 0 Å². The number of piperidine rings is 1. The van der Waals surface area contributed by atoms with Crippen molar-refractivity contribution in [3.8, 4) is 0 Å². The van der Waals surface area contributed by atoms with Gasteiger partial charge in [0.2, 0.25) is 5.91 Å². The Hall–Kier alpha value is -1.75. The minimum absolute atomic E-state index is 0.0657. The van der Waals surface area contributed by atoms with Crippen molar-refractivity contribution < 1.29 is 4.79 Å². The van der Waals surface area contributed by atoms with Crippen molar-refractivity contribution in [1.29, 1.82) is 0 Å². The molecule has 1 saturated carbocycles. The molecule has 1 amide bonds. The Morgan fingerprint density at radius 2 is 2.20 bits per heavy atom. The number of nitrogens with zero attached hydrogens (tertiary/aromatic N) is 2. The molecule has 2 fully saturated rings. The van der Waals surface area contributed by atoms with Crippen LogP contribution in [0.5, 0.6) is 0 Å². The first-order valence-corrected chi connectivity index (χ1v) is 7.16. The highest BCUT2D eigenvalue weighted by molar-refractivity contribution is 6.31. The zero-order valence-electron chi connectivity index (χ0n) is 11.1. The van der Waals surface area contributed by atoms with Gasteiger partial charge in [-0.25, -0.2) is 0 Å². The number of rotatable bonds is 2. The second-order valence-electron chi connectivity index (χ2n) is 5.72. The summed E-state index contributed by atoms with van der Waals surface area (Å²) >= 11 is 6.17. The van der Waals surface area contributed by atoms with Crippen molar-refractivity contribution >= 4 is 34.1 Å². The summed E-state index contributed by atoms with van der Waals surface area (Å²) in [6.45, 7) is 3.52. The molecule has 2 N–H and O–H groups in total. The zero-order chi connectivity index (χ0) is 13.9. The molecule has 2 aliphatic rings. The predicted molar refractivity (Wildman–Crippen MR) is 77.9 cm³/mol. The Labute approximate surface area is 121 Å². The van der Waals surface area contributed by atoms with E-state index in [0.717, 1.165) is 34.7 Å².